The third-order valence-electron chi connectivity index (χ3n) is 6.66. The van der Waals surface area contributed by atoms with Crippen molar-refractivity contribution in [2.75, 3.05) is 19.6 Å². The number of hydrogen-bond acceptors (Lipinski definition) is 4. The van der Waals surface area contributed by atoms with Crippen molar-refractivity contribution in [3.63, 3.8) is 0 Å². The Morgan fingerprint density at radius 3 is 2.55 bits per heavy atom. The van der Waals surface area contributed by atoms with Crippen LogP contribution in [-0.2, 0) is 4.79 Å². The summed E-state index contributed by atoms with van der Waals surface area (Å²) in [6.07, 6.45) is 3.30. The van der Waals surface area contributed by atoms with Crippen LogP contribution in [0.25, 0.3) is 10.8 Å². The fourth-order valence-electron chi connectivity index (χ4n) is 5.01. The lowest BCUT2D eigenvalue weighted by molar-refractivity contribution is -0.138. The lowest BCUT2D eigenvalue weighted by atomic mass is 9.94. The zero-order valence-corrected chi connectivity index (χ0v) is 17.8. The second-order valence-corrected chi connectivity index (χ2v) is 8.65. The summed E-state index contributed by atoms with van der Waals surface area (Å²) >= 11 is 0. The SMILES string of the molecule is Cc1cc(C2CCCN2C(=O)C2CCN(C(=O)c3cccc4ccccc34)CC2)on1. The van der Waals surface area contributed by atoms with E-state index in [1.54, 1.807) is 0 Å². The maximum Gasteiger partial charge on any atom is 0.254 e. The van der Waals surface area contributed by atoms with E-state index < -0.39 is 0 Å². The van der Waals surface area contributed by atoms with Crippen LogP contribution in [0.1, 0.15) is 53.5 Å². The average molecular weight is 418 g/mol. The van der Waals surface area contributed by atoms with Crippen LogP contribution >= 0.6 is 0 Å². The molecule has 6 nitrogen and oxygen atoms in total. The van der Waals surface area contributed by atoms with Crippen LogP contribution in [0.5, 0.6) is 0 Å². The molecule has 2 saturated heterocycles. The number of hydrogen-bond donors (Lipinski definition) is 0. The highest BCUT2D eigenvalue weighted by atomic mass is 16.5. The molecule has 0 radical (unpaired) electrons. The summed E-state index contributed by atoms with van der Waals surface area (Å²) in [5.74, 6) is 0.987. The van der Waals surface area contributed by atoms with Gasteiger partial charge in [-0.15, -0.1) is 0 Å². The topological polar surface area (TPSA) is 66.7 Å². The van der Waals surface area contributed by atoms with Crippen LogP contribution in [0.2, 0.25) is 0 Å². The third kappa shape index (κ3) is 3.71. The first-order valence-electron chi connectivity index (χ1n) is 11.1. The molecule has 3 heterocycles. The molecule has 31 heavy (non-hydrogen) atoms. The summed E-state index contributed by atoms with van der Waals surface area (Å²) < 4.78 is 5.45. The second-order valence-electron chi connectivity index (χ2n) is 8.65. The number of benzene rings is 2. The van der Waals surface area contributed by atoms with Gasteiger partial charge in [-0.3, -0.25) is 9.59 Å². The number of amides is 2. The molecule has 6 heteroatoms. The van der Waals surface area contributed by atoms with Crippen molar-refractivity contribution in [3.8, 4) is 0 Å². The zero-order valence-electron chi connectivity index (χ0n) is 17.8. The van der Waals surface area contributed by atoms with Crippen molar-refractivity contribution in [3.05, 3.63) is 65.5 Å². The van der Waals surface area contributed by atoms with Crippen molar-refractivity contribution in [1.82, 2.24) is 15.0 Å². The standard InChI is InChI=1S/C25H27N3O3/c1-17-16-23(31-26-17)22-10-5-13-28(22)24(29)19-11-14-27(15-12-19)25(30)21-9-4-7-18-6-2-3-8-20(18)21/h2-4,6-9,16,19,22H,5,10-15H2,1H3. The van der Waals surface area contributed by atoms with Crippen molar-refractivity contribution in [2.45, 2.75) is 38.6 Å². The monoisotopic (exact) mass is 417 g/mol. The lowest BCUT2D eigenvalue weighted by Gasteiger charge is -2.34. The van der Waals surface area contributed by atoms with Gasteiger partial charge in [0, 0.05) is 37.2 Å². The largest absolute Gasteiger partial charge is 0.359 e. The lowest BCUT2D eigenvalue weighted by Crippen LogP contribution is -2.44. The van der Waals surface area contributed by atoms with Gasteiger partial charge in [-0.05, 0) is 49.4 Å². The molecule has 5 rings (SSSR count). The van der Waals surface area contributed by atoms with E-state index in [1.807, 2.05) is 65.3 Å². The number of carbonyl (C=O) groups excluding carboxylic acids is 2. The first-order chi connectivity index (χ1) is 15.1. The highest BCUT2D eigenvalue weighted by Gasteiger charge is 2.37. The molecular formula is C25H27N3O3. The highest BCUT2D eigenvalue weighted by Crippen LogP contribution is 2.35. The number of aromatic nitrogens is 1. The molecule has 0 bridgehead atoms. The fourth-order valence-corrected chi connectivity index (χ4v) is 5.01. The molecule has 2 aliphatic rings. The molecule has 160 valence electrons. The van der Waals surface area contributed by atoms with E-state index >= 15 is 0 Å². The molecule has 2 aromatic carbocycles. The first-order valence-corrected chi connectivity index (χ1v) is 11.1. The Balaban J connectivity index is 1.26. The van der Waals surface area contributed by atoms with Crippen LogP contribution in [0.15, 0.2) is 53.1 Å². The maximum atomic E-state index is 13.3. The van der Waals surface area contributed by atoms with Gasteiger partial charge in [0.05, 0.1) is 11.7 Å². The Hall–Kier alpha value is -3.15. The molecule has 3 aromatic rings. The van der Waals surface area contributed by atoms with E-state index in [0.29, 0.717) is 25.9 Å². The molecule has 0 spiro atoms. The van der Waals surface area contributed by atoms with E-state index in [1.165, 1.54) is 0 Å². The molecule has 1 unspecified atom stereocenters. The molecule has 1 atom stereocenters. The quantitative estimate of drug-likeness (QED) is 0.635. The minimum atomic E-state index is -0.0406. The predicted octanol–water partition coefficient (Wildman–Crippen LogP) is 4.35. The molecule has 1 aromatic heterocycles. The number of fused-ring (bicyclic) bond motifs is 1. The van der Waals surface area contributed by atoms with E-state index in [9.17, 15) is 9.59 Å². The minimum absolute atomic E-state index is 0.0101. The van der Waals surface area contributed by atoms with Crippen LogP contribution in [0.3, 0.4) is 0 Å². The normalized spacial score (nSPS) is 19.8. The Bertz CT molecular complexity index is 1110. The van der Waals surface area contributed by atoms with Crippen LogP contribution in [-0.4, -0.2) is 46.4 Å². The van der Waals surface area contributed by atoms with Gasteiger partial charge in [-0.25, -0.2) is 0 Å². The molecular weight excluding hydrogens is 390 g/mol. The van der Waals surface area contributed by atoms with Crippen LogP contribution in [0, 0.1) is 12.8 Å². The van der Waals surface area contributed by atoms with E-state index in [-0.39, 0.29) is 23.8 Å². The van der Waals surface area contributed by atoms with Gasteiger partial charge in [0.15, 0.2) is 5.76 Å². The number of rotatable bonds is 3. The Morgan fingerprint density at radius 2 is 1.77 bits per heavy atom. The number of aryl methyl sites for hydroxylation is 1. The van der Waals surface area contributed by atoms with Gasteiger partial charge in [0.2, 0.25) is 5.91 Å². The van der Waals surface area contributed by atoms with Gasteiger partial charge in [0.1, 0.15) is 0 Å². The number of piperidine rings is 1. The van der Waals surface area contributed by atoms with Gasteiger partial charge >= 0.3 is 0 Å². The summed E-state index contributed by atoms with van der Waals surface area (Å²) in [6, 6.07) is 15.8. The summed E-state index contributed by atoms with van der Waals surface area (Å²) in [5, 5.41) is 6.04. The van der Waals surface area contributed by atoms with Gasteiger partial charge in [-0.2, -0.15) is 0 Å². The fraction of sp³-hybridized carbons (Fsp3) is 0.400. The van der Waals surface area contributed by atoms with Gasteiger partial charge < -0.3 is 14.3 Å². The van der Waals surface area contributed by atoms with Crippen molar-refractivity contribution >= 4 is 22.6 Å². The summed E-state index contributed by atoms with van der Waals surface area (Å²) in [6.45, 7) is 3.88. The molecule has 0 N–H and O–H groups in total. The third-order valence-corrected chi connectivity index (χ3v) is 6.66. The second kappa shape index (κ2) is 8.17. The Labute approximate surface area is 181 Å². The number of nitrogens with zero attached hydrogens (tertiary/aromatic N) is 3. The van der Waals surface area contributed by atoms with E-state index in [0.717, 1.165) is 47.2 Å². The van der Waals surface area contributed by atoms with Crippen molar-refractivity contribution in [2.24, 2.45) is 5.92 Å². The average Bonchev–Trinajstić information content (AvgIpc) is 3.47. The van der Waals surface area contributed by atoms with E-state index in [4.69, 9.17) is 4.52 Å². The summed E-state index contributed by atoms with van der Waals surface area (Å²) in [5.41, 5.74) is 1.58. The molecule has 2 fully saturated rings. The van der Waals surface area contributed by atoms with E-state index in [2.05, 4.69) is 5.16 Å². The Kier molecular flexibility index (Phi) is 5.22. The minimum Gasteiger partial charge on any atom is -0.359 e. The molecule has 0 aliphatic carbocycles. The van der Waals surface area contributed by atoms with Crippen LogP contribution in [0.4, 0.5) is 0 Å². The zero-order chi connectivity index (χ0) is 21.4. The number of carbonyl (C=O) groups is 2. The summed E-state index contributed by atoms with van der Waals surface area (Å²) in [7, 11) is 0. The van der Waals surface area contributed by atoms with Gasteiger partial charge in [-0.1, -0.05) is 41.6 Å². The molecule has 2 aliphatic heterocycles. The van der Waals surface area contributed by atoms with Gasteiger partial charge in [0.25, 0.3) is 5.91 Å². The Morgan fingerprint density at radius 1 is 1.00 bits per heavy atom. The maximum absolute atomic E-state index is 13.3. The predicted molar refractivity (Wildman–Crippen MR) is 118 cm³/mol. The summed E-state index contributed by atoms with van der Waals surface area (Å²) in [4.78, 5) is 30.3. The van der Waals surface area contributed by atoms with Crippen molar-refractivity contribution in [1.29, 1.82) is 0 Å². The molecule has 2 amide bonds. The first kappa shape index (κ1) is 19.8. The number of likely N-dealkylation sites (tertiary alicyclic amines) is 2. The van der Waals surface area contributed by atoms with Crippen LogP contribution < -0.4 is 0 Å². The smallest absolute Gasteiger partial charge is 0.254 e. The van der Waals surface area contributed by atoms with Crippen molar-refractivity contribution < 1.29 is 14.1 Å². The highest BCUT2D eigenvalue weighted by molar-refractivity contribution is 6.07. The molecule has 0 saturated carbocycles.